The smallest absolute Gasteiger partial charge is 0.267 e. The van der Waals surface area contributed by atoms with E-state index in [4.69, 9.17) is 5.73 Å². The number of aromatic nitrogens is 2. The van der Waals surface area contributed by atoms with Crippen LogP contribution in [0.2, 0.25) is 0 Å². The zero-order chi connectivity index (χ0) is 9.90. The molecule has 0 aliphatic rings. The normalized spacial score (nSPS) is 15.3. The Labute approximate surface area is 77.4 Å². The summed E-state index contributed by atoms with van der Waals surface area (Å²) in [5.41, 5.74) is 5.16. The van der Waals surface area contributed by atoms with Gasteiger partial charge < -0.3 is 5.73 Å². The monoisotopic (exact) mass is 181 g/mol. The Kier molecular flexibility index (Phi) is 2.83. The third kappa shape index (κ3) is 1.78. The highest BCUT2D eigenvalue weighted by atomic mass is 16.1. The highest BCUT2D eigenvalue weighted by Crippen LogP contribution is 2.14. The number of nitrogens with two attached hydrogens (primary N) is 1. The van der Waals surface area contributed by atoms with Gasteiger partial charge >= 0.3 is 0 Å². The molecule has 1 aromatic heterocycles. The fraction of sp³-hybridized carbons (Fsp3) is 0.556. The lowest BCUT2D eigenvalue weighted by molar-refractivity contribution is 0.272. The number of nitrogens with zero attached hydrogens (tertiary/aromatic N) is 2. The van der Waals surface area contributed by atoms with Crippen molar-refractivity contribution in [2.45, 2.75) is 25.8 Å². The largest absolute Gasteiger partial charge is 0.328 e. The van der Waals surface area contributed by atoms with Crippen LogP contribution in [0.15, 0.2) is 23.1 Å². The van der Waals surface area contributed by atoms with Crippen molar-refractivity contribution in [2.24, 2.45) is 5.73 Å². The summed E-state index contributed by atoms with van der Waals surface area (Å²) in [6.07, 6.45) is 2.39. The van der Waals surface area contributed by atoms with E-state index < -0.39 is 0 Å². The van der Waals surface area contributed by atoms with Crippen molar-refractivity contribution in [1.29, 1.82) is 0 Å². The predicted molar refractivity (Wildman–Crippen MR) is 51.5 cm³/mol. The molecule has 1 rings (SSSR count). The fourth-order valence-corrected chi connectivity index (χ4v) is 1.14. The van der Waals surface area contributed by atoms with Gasteiger partial charge in [-0.1, -0.05) is 6.92 Å². The average molecular weight is 181 g/mol. The molecule has 0 bridgehead atoms. The van der Waals surface area contributed by atoms with E-state index in [1.807, 2.05) is 13.8 Å². The van der Waals surface area contributed by atoms with E-state index in [9.17, 15) is 4.79 Å². The lowest BCUT2D eigenvalue weighted by Gasteiger charge is -2.27. The van der Waals surface area contributed by atoms with Gasteiger partial charge in [-0.15, -0.1) is 0 Å². The maximum atomic E-state index is 11.4. The van der Waals surface area contributed by atoms with Gasteiger partial charge in [0.25, 0.3) is 5.56 Å². The van der Waals surface area contributed by atoms with Crippen molar-refractivity contribution < 1.29 is 0 Å². The van der Waals surface area contributed by atoms with Crippen LogP contribution in [0.3, 0.4) is 0 Å². The molecule has 1 unspecified atom stereocenters. The molecule has 0 saturated heterocycles. The lowest BCUT2D eigenvalue weighted by Crippen LogP contribution is -2.45. The van der Waals surface area contributed by atoms with E-state index in [0.717, 1.165) is 6.42 Å². The van der Waals surface area contributed by atoms with Crippen LogP contribution in [0.1, 0.15) is 20.3 Å². The zero-order valence-corrected chi connectivity index (χ0v) is 8.03. The Morgan fingerprint density at radius 2 is 2.38 bits per heavy atom. The van der Waals surface area contributed by atoms with Gasteiger partial charge in [-0.05, 0) is 19.4 Å². The topological polar surface area (TPSA) is 60.9 Å². The fourth-order valence-electron chi connectivity index (χ4n) is 1.14. The summed E-state index contributed by atoms with van der Waals surface area (Å²) in [5.74, 6) is 0. The quantitative estimate of drug-likeness (QED) is 0.730. The molecular weight excluding hydrogens is 166 g/mol. The minimum atomic E-state index is -0.363. The van der Waals surface area contributed by atoms with E-state index in [0.29, 0.717) is 6.54 Å². The molecule has 1 aromatic rings. The van der Waals surface area contributed by atoms with Gasteiger partial charge in [0.15, 0.2) is 0 Å². The second-order valence-electron chi connectivity index (χ2n) is 3.33. The maximum Gasteiger partial charge on any atom is 0.267 e. The van der Waals surface area contributed by atoms with Gasteiger partial charge in [-0.2, -0.15) is 5.10 Å². The van der Waals surface area contributed by atoms with Crippen LogP contribution in [0.25, 0.3) is 0 Å². The summed E-state index contributed by atoms with van der Waals surface area (Å²) in [4.78, 5) is 11.4. The first-order valence-electron chi connectivity index (χ1n) is 4.39. The second-order valence-corrected chi connectivity index (χ2v) is 3.33. The first-order valence-corrected chi connectivity index (χ1v) is 4.39. The Morgan fingerprint density at radius 1 is 1.69 bits per heavy atom. The third-order valence-corrected chi connectivity index (χ3v) is 2.43. The molecule has 13 heavy (non-hydrogen) atoms. The van der Waals surface area contributed by atoms with Crippen LogP contribution in [0.5, 0.6) is 0 Å². The molecule has 4 heteroatoms. The Bertz CT molecular complexity index is 328. The minimum Gasteiger partial charge on any atom is -0.328 e. The molecule has 4 nitrogen and oxygen atoms in total. The summed E-state index contributed by atoms with van der Waals surface area (Å²) in [5, 5.41) is 4.02. The SMILES string of the molecule is CCC(C)(CN)n1ncccc1=O. The molecule has 2 N–H and O–H groups in total. The lowest BCUT2D eigenvalue weighted by atomic mass is 10.00. The molecule has 0 aromatic carbocycles. The summed E-state index contributed by atoms with van der Waals surface area (Å²) in [6, 6.07) is 3.13. The summed E-state index contributed by atoms with van der Waals surface area (Å²) in [7, 11) is 0. The summed E-state index contributed by atoms with van der Waals surface area (Å²) >= 11 is 0. The van der Waals surface area contributed by atoms with Crippen molar-refractivity contribution in [3.63, 3.8) is 0 Å². The molecule has 0 radical (unpaired) electrons. The number of hydrogen-bond donors (Lipinski definition) is 1. The maximum absolute atomic E-state index is 11.4. The average Bonchev–Trinajstić information content (AvgIpc) is 2.17. The van der Waals surface area contributed by atoms with Crippen molar-refractivity contribution in [2.75, 3.05) is 6.54 Å². The Morgan fingerprint density at radius 3 is 2.85 bits per heavy atom. The third-order valence-electron chi connectivity index (χ3n) is 2.43. The molecule has 0 saturated carbocycles. The van der Waals surface area contributed by atoms with Gasteiger partial charge in [-0.3, -0.25) is 4.79 Å². The first-order chi connectivity index (χ1) is 6.14. The van der Waals surface area contributed by atoms with Crippen LogP contribution in [-0.4, -0.2) is 16.3 Å². The molecule has 72 valence electrons. The van der Waals surface area contributed by atoms with Crippen molar-refractivity contribution >= 4 is 0 Å². The van der Waals surface area contributed by atoms with Crippen LogP contribution in [0.4, 0.5) is 0 Å². The van der Waals surface area contributed by atoms with E-state index in [-0.39, 0.29) is 11.1 Å². The van der Waals surface area contributed by atoms with E-state index >= 15 is 0 Å². The Balaban J connectivity index is 3.20. The predicted octanol–water partition coefficient (Wildman–Crippen LogP) is 0.327. The second kappa shape index (κ2) is 3.70. The first kappa shape index (κ1) is 9.92. The highest BCUT2D eigenvalue weighted by molar-refractivity contribution is 4.91. The standard InChI is InChI=1S/C9H15N3O/c1-3-9(2,7-10)12-8(13)5-4-6-11-12/h4-6H,3,7,10H2,1-2H3. The van der Waals surface area contributed by atoms with Gasteiger partial charge in [0.1, 0.15) is 0 Å². The van der Waals surface area contributed by atoms with Gasteiger partial charge in [0, 0.05) is 18.8 Å². The number of hydrogen-bond acceptors (Lipinski definition) is 3. The highest BCUT2D eigenvalue weighted by Gasteiger charge is 2.24. The van der Waals surface area contributed by atoms with Crippen molar-refractivity contribution in [3.8, 4) is 0 Å². The van der Waals surface area contributed by atoms with Gasteiger partial charge in [-0.25, -0.2) is 4.68 Å². The molecule has 1 heterocycles. The van der Waals surface area contributed by atoms with Gasteiger partial charge in [0.2, 0.25) is 0 Å². The van der Waals surface area contributed by atoms with Crippen molar-refractivity contribution in [1.82, 2.24) is 9.78 Å². The molecule has 0 spiro atoms. The summed E-state index contributed by atoms with van der Waals surface area (Å²) < 4.78 is 1.45. The van der Waals surface area contributed by atoms with Crippen LogP contribution in [-0.2, 0) is 5.54 Å². The minimum absolute atomic E-state index is 0.0997. The van der Waals surface area contributed by atoms with E-state index in [2.05, 4.69) is 5.10 Å². The Hall–Kier alpha value is -1.16. The van der Waals surface area contributed by atoms with E-state index in [1.165, 1.54) is 10.7 Å². The number of rotatable bonds is 3. The van der Waals surface area contributed by atoms with Crippen LogP contribution >= 0.6 is 0 Å². The molecule has 0 aliphatic heterocycles. The zero-order valence-electron chi connectivity index (χ0n) is 8.03. The molecule has 0 aliphatic carbocycles. The molecule has 1 atom stereocenters. The van der Waals surface area contributed by atoms with E-state index in [1.54, 1.807) is 12.3 Å². The van der Waals surface area contributed by atoms with Gasteiger partial charge in [0.05, 0.1) is 5.54 Å². The molecule has 0 amide bonds. The molecule has 0 fully saturated rings. The van der Waals surface area contributed by atoms with Crippen LogP contribution < -0.4 is 11.3 Å². The summed E-state index contributed by atoms with van der Waals surface area (Å²) in [6.45, 7) is 4.34. The van der Waals surface area contributed by atoms with Crippen molar-refractivity contribution in [3.05, 3.63) is 28.7 Å². The molecular formula is C9H15N3O. The van der Waals surface area contributed by atoms with Crippen LogP contribution in [0, 0.1) is 0 Å².